The lowest BCUT2D eigenvalue weighted by molar-refractivity contribution is -0.119. The molecule has 0 saturated carbocycles. The van der Waals surface area contributed by atoms with Crippen LogP contribution in [0.2, 0.25) is 0 Å². The molecule has 0 aromatic carbocycles. The molecular formula is C11H21NO. The molecule has 2 heteroatoms. The van der Waals surface area contributed by atoms with E-state index in [0.717, 1.165) is 0 Å². The summed E-state index contributed by atoms with van der Waals surface area (Å²) in [5.74, 6) is -0.0556. The van der Waals surface area contributed by atoms with Gasteiger partial charge < -0.3 is 5.32 Å². The first-order valence-corrected chi connectivity index (χ1v) is 4.56. The third kappa shape index (κ3) is 4.71. The number of hydrogen-bond donors (Lipinski definition) is 1. The Morgan fingerprint density at radius 1 is 1.08 bits per heavy atom. The molecule has 2 nitrogen and oxygen atoms in total. The minimum atomic E-state index is -0.189. The molecule has 1 amide bonds. The average Bonchev–Trinajstić information content (AvgIpc) is 1.79. The summed E-state index contributed by atoms with van der Waals surface area (Å²) in [5, 5.41) is 2.89. The maximum absolute atomic E-state index is 11.6. The molecule has 0 fully saturated rings. The monoisotopic (exact) mass is 183 g/mol. The predicted molar refractivity (Wildman–Crippen MR) is 56.5 cm³/mol. The van der Waals surface area contributed by atoms with Crippen molar-refractivity contribution in [2.45, 2.75) is 47.1 Å². The molecule has 0 heterocycles. The molecule has 0 saturated heterocycles. The van der Waals surface area contributed by atoms with Gasteiger partial charge in [-0.1, -0.05) is 27.4 Å². The van der Waals surface area contributed by atoms with E-state index in [9.17, 15) is 4.79 Å². The average molecular weight is 183 g/mol. The Bertz CT molecular complexity index is 215. The van der Waals surface area contributed by atoms with Crippen molar-refractivity contribution in [1.82, 2.24) is 5.32 Å². The van der Waals surface area contributed by atoms with E-state index in [4.69, 9.17) is 0 Å². The van der Waals surface area contributed by atoms with Gasteiger partial charge in [0.2, 0.25) is 5.91 Å². The normalized spacial score (nSPS) is 12.5. The Balaban J connectivity index is 4.40. The highest BCUT2D eigenvalue weighted by atomic mass is 16.1. The third-order valence-electron chi connectivity index (χ3n) is 1.67. The number of carbonyl (C=O) groups is 1. The number of carbonyl (C=O) groups excluding carboxylic acids is 1. The van der Waals surface area contributed by atoms with Gasteiger partial charge in [-0.25, -0.2) is 0 Å². The van der Waals surface area contributed by atoms with Gasteiger partial charge in [0.05, 0.1) is 0 Å². The van der Waals surface area contributed by atoms with E-state index in [1.165, 1.54) is 0 Å². The van der Waals surface area contributed by atoms with Crippen LogP contribution in [0.1, 0.15) is 41.5 Å². The molecule has 0 rings (SSSR count). The second kappa shape index (κ2) is 3.52. The summed E-state index contributed by atoms with van der Waals surface area (Å²) in [4.78, 5) is 11.6. The molecular weight excluding hydrogens is 162 g/mol. The molecule has 0 bridgehead atoms. The molecule has 0 radical (unpaired) electrons. The molecule has 0 aromatic heterocycles. The van der Waals surface area contributed by atoms with Crippen LogP contribution < -0.4 is 5.32 Å². The first-order chi connectivity index (χ1) is 5.54. The Morgan fingerprint density at radius 3 is 1.69 bits per heavy atom. The van der Waals surface area contributed by atoms with Crippen molar-refractivity contribution in [1.29, 1.82) is 0 Å². The van der Waals surface area contributed by atoms with Crippen LogP contribution in [0.25, 0.3) is 0 Å². The van der Waals surface area contributed by atoms with Crippen LogP contribution in [-0.2, 0) is 4.79 Å². The van der Waals surface area contributed by atoms with Crippen LogP contribution in [0.3, 0.4) is 0 Å². The molecule has 1 N–H and O–H groups in total. The molecule has 0 aromatic rings. The number of hydrogen-bond acceptors (Lipinski definition) is 1. The lowest BCUT2D eigenvalue weighted by atomic mass is 9.86. The quantitative estimate of drug-likeness (QED) is 0.622. The van der Waals surface area contributed by atoms with Gasteiger partial charge in [-0.05, 0) is 26.2 Å². The molecule has 0 unspecified atom stereocenters. The minimum absolute atomic E-state index is 0.0556. The van der Waals surface area contributed by atoms with Crippen molar-refractivity contribution in [2.75, 3.05) is 0 Å². The fourth-order valence-electron chi connectivity index (χ4n) is 0.757. The number of rotatable bonds is 1. The van der Waals surface area contributed by atoms with Crippen LogP contribution >= 0.6 is 0 Å². The second-order valence-electron chi connectivity index (χ2n) is 5.43. The van der Waals surface area contributed by atoms with Crippen molar-refractivity contribution in [2.24, 2.45) is 5.41 Å². The van der Waals surface area contributed by atoms with Crippen molar-refractivity contribution in [3.8, 4) is 0 Å². The molecule has 76 valence electrons. The molecule has 13 heavy (non-hydrogen) atoms. The van der Waals surface area contributed by atoms with Crippen LogP contribution in [0.5, 0.6) is 0 Å². The first-order valence-electron chi connectivity index (χ1n) is 4.56. The lowest BCUT2D eigenvalue weighted by Crippen LogP contribution is -2.43. The van der Waals surface area contributed by atoms with Crippen molar-refractivity contribution in [3.05, 3.63) is 12.2 Å². The lowest BCUT2D eigenvalue weighted by Gasteiger charge is -2.26. The Hall–Kier alpha value is -0.790. The zero-order valence-corrected chi connectivity index (χ0v) is 9.62. The number of amides is 1. The van der Waals surface area contributed by atoms with Gasteiger partial charge in [-0.15, -0.1) is 0 Å². The van der Waals surface area contributed by atoms with Gasteiger partial charge in [0.25, 0.3) is 0 Å². The summed E-state index contributed by atoms with van der Waals surface area (Å²) >= 11 is 0. The SMILES string of the molecule is C=C(C(=O)NC(C)(C)C)C(C)(C)C. The van der Waals surface area contributed by atoms with E-state index < -0.39 is 0 Å². The topological polar surface area (TPSA) is 29.1 Å². The standard InChI is InChI=1S/C11H21NO/c1-8(10(2,3)4)9(13)12-11(5,6)7/h1H2,2-7H3,(H,12,13). The van der Waals surface area contributed by atoms with Gasteiger partial charge in [0.15, 0.2) is 0 Å². The van der Waals surface area contributed by atoms with Gasteiger partial charge in [0, 0.05) is 11.1 Å². The van der Waals surface area contributed by atoms with Crippen molar-refractivity contribution < 1.29 is 4.79 Å². The Kier molecular flexibility index (Phi) is 3.31. The smallest absolute Gasteiger partial charge is 0.247 e. The van der Waals surface area contributed by atoms with E-state index in [1.807, 2.05) is 41.5 Å². The second-order valence-corrected chi connectivity index (χ2v) is 5.43. The van der Waals surface area contributed by atoms with Crippen LogP contribution in [0.15, 0.2) is 12.2 Å². The van der Waals surface area contributed by atoms with E-state index in [-0.39, 0.29) is 16.9 Å². The maximum atomic E-state index is 11.6. The summed E-state index contributed by atoms with van der Waals surface area (Å²) in [5.41, 5.74) is 0.281. The van der Waals surface area contributed by atoms with Crippen LogP contribution in [0.4, 0.5) is 0 Å². The van der Waals surface area contributed by atoms with E-state index in [2.05, 4.69) is 11.9 Å². The third-order valence-corrected chi connectivity index (χ3v) is 1.67. The number of nitrogens with one attached hydrogen (secondary N) is 1. The van der Waals surface area contributed by atoms with E-state index in [1.54, 1.807) is 0 Å². The summed E-state index contributed by atoms with van der Waals surface area (Å²) in [6, 6.07) is 0. The molecule has 0 aliphatic heterocycles. The zero-order valence-electron chi connectivity index (χ0n) is 9.62. The predicted octanol–water partition coefficient (Wildman–Crippen LogP) is 2.50. The fourth-order valence-corrected chi connectivity index (χ4v) is 0.757. The summed E-state index contributed by atoms with van der Waals surface area (Å²) in [7, 11) is 0. The highest BCUT2D eigenvalue weighted by molar-refractivity contribution is 5.94. The molecule has 0 spiro atoms. The highest BCUT2D eigenvalue weighted by Crippen LogP contribution is 2.23. The molecule has 0 aliphatic carbocycles. The fraction of sp³-hybridized carbons (Fsp3) is 0.727. The van der Waals surface area contributed by atoms with Gasteiger partial charge in [-0.3, -0.25) is 4.79 Å². The van der Waals surface area contributed by atoms with Gasteiger partial charge in [0.1, 0.15) is 0 Å². The van der Waals surface area contributed by atoms with Crippen molar-refractivity contribution >= 4 is 5.91 Å². The van der Waals surface area contributed by atoms with Crippen molar-refractivity contribution in [3.63, 3.8) is 0 Å². The highest BCUT2D eigenvalue weighted by Gasteiger charge is 2.24. The summed E-state index contributed by atoms with van der Waals surface area (Å²) in [6.45, 7) is 15.6. The molecule has 0 aliphatic rings. The minimum Gasteiger partial charge on any atom is -0.348 e. The van der Waals surface area contributed by atoms with Gasteiger partial charge in [-0.2, -0.15) is 0 Å². The molecule has 0 atom stereocenters. The van der Waals surface area contributed by atoms with Crippen LogP contribution in [-0.4, -0.2) is 11.4 Å². The first kappa shape index (κ1) is 12.2. The van der Waals surface area contributed by atoms with Gasteiger partial charge >= 0.3 is 0 Å². The summed E-state index contributed by atoms with van der Waals surface area (Å²) in [6.07, 6.45) is 0. The summed E-state index contributed by atoms with van der Waals surface area (Å²) < 4.78 is 0. The Labute approximate surface area is 81.4 Å². The van der Waals surface area contributed by atoms with Crippen LogP contribution in [0, 0.1) is 5.41 Å². The Morgan fingerprint density at radius 2 is 1.46 bits per heavy atom. The van der Waals surface area contributed by atoms with E-state index in [0.29, 0.717) is 5.57 Å². The maximum Gasteiger partial charge on any atom is 0.247 e. The largest absolute Gasteiger partial charge is 0.348 e. The zero-order chi connectivity index (χ0) is 10.9. The van der Waals surface area contributed by atoms with E-state index >= 15 is 0 Å².